The van der Waals surface area contributed by atoms with E-state index in [-0.39, 0.29) is 17.9 Å². The van der Waals surface area contributed by atoms with Crippen molar-refractivity contribution in [2.75, 3.05) is 53.2 Å². The van der Waals surface area contributed by atoms with E-state index in [1.165, 1.54) is 0 Å². The SMILES string of the molecule is C[C@@H]1CN(C)C(=O)c2cc(N(C)C)ccc2O[C@H]1CN(C)C. The standard InChI is InChI=1S/C17H27N3O2/c1-12-10-20(6)17(21)14-9-13(19(4)5)7-8-15(14)22-16(12)11-18(2)3/h7-9,12,16H,10-11H2,1-6H3/t12-,16+/m1/s1. The van der Waals surface area contributed by atoms with Crippen molar-refractivity contribution < 1.29 is 9.53 Å². The van der Waals surface area contributed by atoms with Crippen LogP contribution in [0, 0.1) is 5.92 Å². The van der Waals surface area contributed by atoms with E-state index in [9.17, 15) is 4.79 Å². The van der Waals surface area contributed by atoms with Gasteiger partial charge in [0.1, 0.15) is 11.9 Å². The van der Waals surface area contributed by atoms with E-state index in [0.717, 1.165) is 12.2 Å². The zero-order valence-electron chi connectivity index (χ0n) is 14.5. The molecule has 122 valence electrons. The lowest BCUT2D eigenvalue weighted by molar-refractivity contribution is 0.0576. The predicted molar refractivity (Wildman–Crippen MR) is 89.9 cm³/mol. The van der Waals surface area contributed by atoms with E-state index in [4.69, 9.17) is 4.74 Å². The number of fused-ring (bicyclic) bond motifs is 1. The fourth-order valence-electron chi connectivity index (χ4n) is 2.76. The van der Waals surface area contributed by atoms with Crippen LogP contribution >= 0.6 is 0 Å². The zero-order chi connectivity index (χ0) is 16.4. The number of hydrogen-bond donors (Lipinski definition) is 0. The highest BCUT2D eigenvalue weighted by molar-refractivity contribution is 5.98. The van der Waals surface area contributed by atoms with Crippen LogP contribution in [0.4, 0.5) is 5.69 Å². The molecule has 22 heavy (non-hydrogen) atoms. The number of rotatable bonds is 3. The number of carbonyl (C=O) groups is 1. The first-order chi connectivity index (χ1) is 10.3. The highest BCUT2D eigenvalue weighted by Gasteiger charge is 2.29. The van der Waals surface area contributed by atoms with Crippen molar-refractivity contribution in [3.8, 4) is 5.75 Å². The molecule has 0 aliphatic carbocycles. The van der Waals surface area contributed by atoms with Crippen LogP contribution in [0.2, 0.25) is 0 Å². The molecule has 0 saturated heterocycles. The van der Waals surface area contributed by atoms with Gasteiger partial charge >= 0.3 is 0 Å². The summed E-state index contributed by atoms with van der Waals surface area (Å²) in [5, 5.41) is 0. The summed E-state index contributed by atoms with van der Waals surface area (Å²) in [5.74, 6) is 0.979. The van der Waals surface area contributed by atoms with Crippen molar-refractivity contribution in [3.05, 3.63) is 23.8 Å². The van der Waals surface area contributed by atoms with Gasteiger partial charge in [0, 0.05) is 45.8 Å². The van der Waals surface area contributed by atoms with Crippen LogP contribution in [0.15, 0.2) is 18.2 Å². The van der Waals surface area contributed by atoms with Crippen molar-refractivity contribution in [1.82, 2.24) is 9.80 Å². The first kappa shape index (κ1) is 16.6. The Bertz CT molecular complexity index is 543. The lowest BCUT2D eigenvalue weighted by Gasteiger charge is -2.34. The van der Waals surface area contributed by atoms with Gasteiger partial charge in [-0.2, -0.15) is 0 Å². The Labute approximate surface area is 133 Å². The van der Waals surface area contributed by atoms with Gasteiger partial charge in [0.25, 0.3) is 5.91 Å². The maximum absolute atomic E-state index is 12.7. The van der Waals surface area contributed by atoms with Gasteiger partial charge in [-0.25, -0.2) is 0 Å². The number of hydrogen-bond acceptors (Lipinski definition) is 4. The summed E-state index contributed by atoms with van der Waals surface area (Å²) in [6.45, 7) is 3.66. The van der Waals surface area contributed by atoms with Crippen LogP contribution in [-0.2, 0) is 0 Å². The number of likely N-dealkylation sites (N-methyl/N-ethyl adjacent to an activating group) is 1. The van der Waals surface area contributed by atoms with Gasteiger partial charge in [-0.3, -0.25) is 4.79 Å². The molecule has 0 saturated carbocycles. The van der Waals surface area contributed by atoms with Crippen LogP contribution in [0.5, 0.6) is 5.75 Å². The van der Waals surface area contributed by atoms with Crippen molar-refractivity contribution in [2.24, 2.45) is 5.92 Å². The fourth-order valence-corrected chi connectivity index (χ4v) is 2.76. The number of nitrogens with zero attached hydrogens (tertiary/aromatic N) is 3. The van der Waals surface area contributed by atoms with Gasteiger partial charge in [-0.05, 0) is 32.3 Å². The molecule has 0 radical (unpaired) electrons. The van der Waals surface area contributed by atoms with Crippen LogP contribution in [0.1, 0.15) is 17.3 Å². The summed E-state index contributed by atoms with van der Waals surface area (Å²) in [7, 11) is 9.88. The molecule has 5 heteroatoms. The third kappa shape index (κ3) is 3.53. The Kier molecular flexibility index (Phi) is 4.96. The molecular formula is C17H27N3O2. The van der Waals surface area contributed by atoms with Gasteiger partial charge in [-0.15, -0.1) is 0 Å². The normalized spacial score (nSPS) is 22.0. The number of benzene rings is 1. The largest absolute Gasteiger partial charge is 0.488 e. The third-order valence-corrected chi connectivity index (χ3v) is 4.08. The molecule has 0 N–H and O–H groups in total. The molecule has 0 bridgehead atoms. The van der Waals surface area contributed by atoms with E-state index < -0.39 is 0 Å². The Hall–Kier alpha value is -1.75. The van der Waals surface area contributed by atoms with E-state index in [1.807, 2.05) is 58.3 Å². The molecule has 1 aromatic rings. The Balaban J connectivity index is 2.42. The minimum absolute atomic E-state index is 0.0221. The first-order valence-electron chi connectivity index (χ1n) is 7.67. The average Bonchev–Trinajstić information content (AvgIpc) is 2.44. The summed E-state index contributed by atoms with van der Waals surface area (Å²) < 4.78 is 6.21. The van der Waals surface area contributed by atoms with Gasteiger partial charge in [-0.1, -0.05) is 6.92 Å². The molecule has 0 spiro atoms. The predicted octanol–water partition coefficient (Wildman–Crippen LogP) is 1.78. The summed E-state index contributed by atoms with van der Waals surface area (Å²) in [6, 6.07) is 5.82. The molecular weight excluding hydrogens is 278 g/mol. The summed E-state index contributed by atoms with van der Waals surface area (Å²) in [5.41, 5.74) is 1.64. The van der Waals surface area contributed by atoms with Crippen molar-refractivity contribution >= 4 is 11.6 Å². The van der Waals surface area contributed by atoms with Crippen LogP contribution in [-0.4, -0.2) is 70.1 Å². The van der Waals surface area contributed by atoms with E-state index >= 15 is 0 Å². The zero-order valence-corrected chi connectivity index (χ0v) is 14.5. The smallest absolute Gasteiger partial charge is 0.257 e. The topological polar surface area (TPSA) is 36.0 Å². The number of carbonyl (C=O) groups excluding carboxylic acids is 1. The number of ether oxygens (including phenoxy) is 1. The minimum Gasteiger partial charge on any atom is -0.488 e. The monoisotopic (exact) mass is 305 g/mol. The lowest BCUT2D eigenvalue weighted by atomic mass is 10.0. The van der Waals surface area contributed by atoms with Gasteiger partial charge in [0.2, 0.25) is 0 Å². The summed E-state index contributed by atoms with van der Waals surface area (Å²) in [4.78, 5) is 18.6. The molecule has 1 aliphatic rings. The molecule has 5 nitrogen and oxygen atoms in total. The van der Waals surface area contributed by atoms with E-state index in [1.54, 1.807) is 4.90 Å². The fraction of sp³-hybridized carbons (Fsp3) is 0.588. The Morgan fingerprint density at radius 1 is 1.27 bits per heavy atom. The number of anilines is 1. The highest BCUT2D eigenvalue weighted by atomic mass is 16.5. The second-order valence-electron chi connectivity index (χ2n) is 6.66. The van der Waals surface area contributed by atoms with Crippen LogP contribution in [0.3, 0.4) is 0 Å². The Morgan fingerprint density at radius 3 is 2.55 bits per heavy atom. The second-order valence-corrected chi connectivity index (χ2v) is 6.66. The molecule has 2 atom stereocenters. The molecule has 2 rings (SSSR count). The van der Waals surface area contributed by atoms with Crippen molar-refractivity contribution in [3.63, 3.8) is 0 Å². The minimum atomic E-state index is 0.0221. The van der Waals surface area contributed by atoms with Crippen LogP contribution < -0.4 is 9.64 Å². The van der Waals surface area contributed by atoms with Crippen molar-refractivity contribution in [1.29, 1.82) is 0 Å². The summed E-state index contributed by atoms with van der Waals surface area (Å²) in [6.07, 6.45) is 0.0644. The maximum atomic E-state index is 12.7. The van der Waals surface area contributed by atoms with Gasteiger partial charge < -0.3 is 19.4 Å². The van der Waals surface area contributed by atoms with Crippen LogP contribution in [0.25, 0.3) is 0 Å². The quantitative estimate of drug-likeness (QED) is 0.853. The second kappa shape index (κ2) is 6.57. The Morgan fingerprint density at radius 2 is 1.95 bits per heavy atom. The van der Waals surface area contributed by atoms with Crippen molar-refractivity contribution in [2.45, 2.75) is 13.0 Å². The van der Waals surface area contributed by atoms with Gasteiger partial charge in [0.15, 0.2) is 0 Å². The van der Waals surface area contributed by atoms with E-state index in [0.29, 0.717) is 17.9 Å². The number of amides is 1. The molecule has 0 fully saturated rings. The molecule has 1 heterocycles. The maximum Gasteiger partial charge on any atom is 0.257 e. The lowest BCUT2D eigenvalue weighted by Crippen LogP contribution is -2.44. The molecule has 1 amide bonds. The molecule has 1 aromatic carbocycles. The average molecular weight is 305 g/mol. The third-order valence-electron chi connectivity index (χ3n) is 4.08. The molecule has 0 aromatic heterocycles. The van der Waals surface area contributed by atoms with E-state index in [2.05, 4.69) is 11.8 Å². The first-order valence-corrected chi connectivity index (χ1v) is 7.67. The summed E-state index contributed by atoms with van der Waals surface area (Å²) >= 11 is 0. The van der Waals surface area contributed by atoms with Gasteiger partial charge in [0.05, 0.1) is 5.56 Å². The molecule has 1 aliphatic heterocycles. The highest BCUT2D eigenvalue weighted by Crippen LogP contribution is 2.29. The molecule has 0 unspecified atom stereocenters.